The maximum absolute atomic E-state index is 13.4. The van der Waals surface area contributed by atoms with Crippen molar-refractivity contribution in [1.29, 1.82) is 0 Å². The molecule has 3 rings (SSSR count). The number of sulfonamides is 1. The summed E-state index contributed by atoms with van der Waals surface area (Å²) in [5.74, 6) is -0.0992. The molecule has 1 heterocycles. The fourth-order valence-electron chi connectivity index (χ4n) is 4.54. The van der Waals surface area contributed by atoms with E-state index >= 15 is 0 Å². The van der Waals surface area contributed by atoms with Crippen molar-refractivity contribution in [1.82, 2.24) is 9.62 Å². The van der Waals surface area contributed by atoms with Crippen molar-refractivity contribution in [2.75, 3.05) is 38.1 Å². The van der Waals surface area contributed by atoms with Crippen LogP contribution in [0.25, 0.3) is 0 Å². The maximum Gasteiger partial charge on any atom is 0.243 e. The summed E-state index contributed by atoms with van der Waals surface area (Å²) in [4.78, 5) is 15.3. The molecular formula is C26H37N3O3S. The fourth-order valence-corrected chi connectivity index (χ4v) is 6.58. The SMILES string of the molecule is Cc1cc(C)c(C)c(S(=O)(=O)N2CCC(C(=O)NCCCN(C)c3ccccc3)CC2)c1C. The first kappa shape index (κ1) is 25.2. The van der Waals surface area contributed by atoms with Gasteiger partial charge in [0.05, 0.1) is 4.90 Å². The molecule has 2 aromatic rings. The number of anilines is 1. The normalized spacial score (nSPS) is 15.4. The molecule has 0 radical (unpaired) electrons. The van der Waals surface area contributed by atoms with Crippen LogP contribution >= 0.6 is 0 Å². The van der Waals surface area contributed by atoms with Crippen molar-refractivity contribution >= 4 is 21.6 Å². The van der Waals surface area contributed by atoms with Crippen LogP contribution in [0.1, 0.15) is 41.5 Å². The number of hydrogen-bond acceptors (Lipinski definition) is 4. The number of benzene rings is 2. The van der Waals surface area contributed by atoms with Gasteiger partial charge in [-0.1, -0.05) is 24.3 Å². The summed E-state index contributed by atoms with van der Waals surface area (Å²) >= 11 is 0. The summed E-state index contributed by atoms with van der Waals surface area (Å²) in [7, 11) is -1.53. The average Bonchev–Trinajstić information content (AvgIpc) is 2.81. The maximum atomic E-state index is 13.4. The Kier molecular flexibility index (Phi) is 8.19. The Labute approximate surface area is 199 Å². The Morgan fingerprint density at radius 3 is 2.18 bits per heavy atom. The first-order valence-electron chi connectivity index (χ1n) is 11.7. The van der Waals surface area contributed by atoms with Crippen molar-refractivity contribution in [3.63, 3.8) is 0 Å². The fraction of sp³-hybridized carbons (Fsp3) is 0.500. The van der Waals surface area contributed by atoms with Gasteiger partial charge in [-0.3, -0.25) is 4.79 Å². The molecule has 0 saturated carbocycles. The van der Waals surface area contributed by atoms with E-state index in [0.717, 1.165) is 40.9 Å². The van der Waals surface area contributed by atoms with E-state index in [9.17, 15) is 13.2 Å². The van der Waals surface area contributed by atoms with Crippen LogP contribution in [-0.2, 0) is 14.8 Å². The third-order valence-corrected chi connectivity index (χ3v) is 9.06. The highest BCUT2D eigenvalue weighted by molar-refractivity contribution is 7.89. The number of rotatable bonds is 8. The Hall–Kier alpha value is -2.38. The van der Waals surface area contributed by atoms with E-state index in [4.69, 9.17) is 0 Å². The molecular weight excluding hydrogens is 434 g/mol. The molecule has 0 bridgehead atoms. The highest BCUT2D eigenvalue weighted by atomic mass is 32.2. The van der Waals surface area contributed by atoms with Crippen LogP contribution in [0.15, 0.2) is 41.3 Å². The summed E-state index contributed by atoms with van der Waals surface area (Å²) in [6.07, 6.45) is 1.96. The minimum atomic E-state index is -3.58. The molecule has 6 nitrogen and oxygen atoms in total. The van der Waals surface area contributed by atoms with E-state index in [1.807, 2.05) is 59.0 Å². The van der Waals surface area contributed by atoms with Gasteiger partial charge in [0, 0.05) is 44.8 Å². The molecule has 1 fully saturated rings. The predicted octanol–water partition coefficient (Wildman–Crippen LogP) is 3.96. The summed E-state index contributed by atoms with van der Waals surface area (Å²) < 4.78 is 28.4. The van der Waals surface area contributed by atoms with Gasteiger partial charge in [0.1, 0.15) is 0 Å². The van der Waals surface area contributed by atoms with Gasteiger partial charge in [0.15, 0.2) is 0 Å². The second-order valence-electron chi connectivity index (χ2n) is 9.17. The van der Waals surface area contributed by atoms with Gasteiger partial charge in [0.2, 0.25) is 15.9 Å². The quantitative estimate of drug-likeness (QED) is 0.592. The Bertz CT molecular complexity index is 1050. The van der Waals surface area contributed by atoms with E-state index < -0.39 is 10.0 Å². The molecule has 180 valence electrons. The minimum absolute atomic E-state index is 0.0353. The Balaban J connectivity index is 1.51. The van der Waals surface area contributed by atoms with Gasteiger partial charge in [-0.05, 0) is 81.3 Å². The molecule has 1 amide bonds. The smallest absolute Gasteiger partial charge is 0.243 e. The zero-order valence-electron chi connectivity index (χ0n) is 20.5. The zero-order chi connectivity index (χ0) is 24.2. The van der Waals surface area contributed by atoms with Crippen LogP contribution in [-0.4, -0.2) is 51.9 Å². The lowest BCUT2D eigenvalue weighted by atomic mass is 9.97. The number of nitrogens with one attached hydrogen (secondary N) is 1. The molecule has 7 heteroatoms. The van der Waals surface area contributed by atoms with Crippen LogP contribution in [0.2, 0.25) is 0 Å². The number of para-hydroxylation sites is 1. The highest BCUT2D eigenvalue weighted by Crippen LogP contribution is 2.31. The molecule has 2 aromatic carbocycles. The van der Waals surface area contributed by atoms with E-state index in [-0.39, 0.29) is 11.8 Å². The molecule has 33 heavy (non-hydrogen) atoms. The Morgan fingerprint density at radius 1 is 1.03 bits per heavy atom. The number of aryl methyl sites for hydroxylation is 2. The van der Waals surface area contributed by atoms with Crippen molar-refractivity contribution in [2.24, 2.45) is 5.92 Å². The van der Waals surface area contributed by atoms with Crippen molar-refractivity contribution in [3.8, 4) is 0 Å². The monoisotopic (exact) mass is 471 g/mol. The topological polar surface area (TPSA) is 69.7 Å². The third kappa shape index (κ3) is 5.76. The van der Waals surface area contributed by atoms with Crippen molar-refractivity contribution in [2.45, 2.75) is 51.9 Å². The van der Waals surface area contributed by atoms with E-state index in [0.29, 0.717) is 37.4 Å². The lowest BCUT2D eigenvalue weighted by Gasteiger charge is -2.32. The van der Waals surface area contributed by atoms with Crippen LogP contribution in [0.4, 0.5) is 5.69 Å². The van der Waals surface area contributed by atoms with E-state index in [2.05, 4.69) is 22.3 Å². The molecule has 1 saturated heterocycles. The minimum Gasteiger partial charge on any atom is -0.375 e. The lowest BCUT2D eigenvalue weighted by molar-refractivity contribution is -0.126. The van der Waals surface area contributed by atoms with Gasteiger partial charge in [-0.2, -0.15) is 4.31 Å². The zero-order valence-corrected chi connectivity index (χ0v) is 21.3. The number of carbonyl (C=O) groups excluding carboxylic acids is 1. The van der Waals surface area contributed by atoms with Gasteiger partial charge >= 0.3 is 0 Å². The second kappa shape index (κ2) is 10.7. The van der Waals surface area contributed by atoms with Crippen LogP contribution in [0.3, 0.4) is 0 Å². The number of hydrogen-bond donors (Lipinski definition) is 1. The third-order valence-electron chi connectivity index (χ3n) is 6.89. The summed E-state index contributed by atoms with van der Waals surface area (Å²) in [5.41, 5.74) is 4.77. The summed E-state index contributed by atoms with van der Waals surface area (Å²) in [6.45, 7) is 9.90. The molecule has 0 unspecified atom stereocenters. The number of piperidine rings is 1. The van der Waals surface area contributed by atoms with Crippen LogP contribution < -0.4 is 10.2 Å². The second-order valence-corrected chi connectivity index (χ2v) is 11.0. The molecule has 0 atom stereocenters. The molecule has 1 N–H and O–H groups in total. The lowest BCUT2D eigenvalue weighted by Crippen LogP contribution is -2.43. The largest absolute Gasteiger partial charge is 0.375 e. The molecule has 0 aliphatic carbocycles. The van der Waals surface area contributed by atoms with E-state index in [1.165, 1.54) is 0 Å². The van der Waals surface area contributed by atoms with Crippen LogP contribution in [0, 0.1) is 33.6 Å². The van der Waals surface area contributed by atoms with Crippen LogP contribution in [0.5, 0.6) is 0 Å². The van der Waals surface area contributed by atoms with Gasteiger partial charge in [-0.25, -0.2) is 8.42 Å². The number of amides is 1. The average molecular weight is 472 g/mol. The van der Waals surface area contributed by atoms with Gasteiger partial charge in [-0.15, -0.1) is 0 Å². The predicted molar refractivity (Wildman–Crippen MR) is 134 cm³/mol. The summed E-state index contributed by atoms with van der Waals surface area (Å²) in [5, 5.41) is 3.04. The molecule has 0 spiro atoms. The van der Waals surface area contributed by atoms with Gasteiger partial charge < -0.3 is 10.2 Å². The Morgan fingerprint density at radius 2 is 1.61 bits per heavy atom. The molecule has 1 aliphatic heterocycles. The molecule has 0 aromatic heterocycles. The summed E-state index contributed by atoms with van der Waals surface area (Å²) in [6, 6.07) is 12.2. The number of nitrogens with zero attached hydrogens (tertiary/aromatic N) is 2. The van der Waals surface area contributed by atoms with Crippen molar-refractivity contribution < 1.29 is 13.2 Å². The number of carbonyl (C=O) groups is 1. The van der Waals surface area contributed by atoms with E-state index in [1.54, 1.807) is 4.31 Å². The first-order chi connectivity index (χ1) is 15.6. The van der Waals surface area contributed by atoms with Crippen molar-refractivity contribution in [3.05, 3.63) is 58.7 Å². The standard InChI is InChI=1S/C26H37N3O3S/c1-19-18-20(2)22(4)25(21(19)3)33(31,32)29-16-12-23(13-17-29)26(30)27-14-9-15-28(5)24-10-7-6-8-11-24/h6-8,10-11,18,23H,9,12-17H2,1-5H3,(H,27,30). The van der Waals surface area contributed by atoms with Gasteiger partial charge in [0.25, 0.3) is 0 Å². The first-order valence-corrected chi connectivity index (χ1v) is 13.2. The molecule has 1 aliphatic rings. The highest BCUT2D eigenvalue weighted by Gasteiger charge is 2.34.